The molecular formula is C93H109Cl2N11O32. The van der Waals surface area contributed by atoms with E-state index in [1.807, 2.05) is 0 Å². The smallest absolute Gasteiger partial charge is 0.248 e. The van der Waals surface area contributed by atoms with Crippen LogP contribution in [-0.2, 0) is 68.5 Å². The van der Waals surface area contributed by atoms with Crippen molar-refractivity contribution in [2.45, 2.75) is 213 Å². The van der Waals surface area contributed by atoms with Crippen LogP contribution in [0.15, 0.2) is 115 Å². The van der Waals surface area contributed by atoms with Gasteiger partial charge >= 0.3 is 0 Å². The molecule has 3 saturated heterocycles. The predicted molar refractivity (Wildman–Crippen MR) is 482 cm³/mol. The summed E-state index contributed by atoms with van der Waals surface area (Å²) in [6, 6.07) is 1.95. The normalized spacial score (nSPS) is 28.2. The molecule has 0 unspecified atom stereocenters. The molecule has 7 aromatic rings. The minimum atomic E-state index is -2.52. The second kappa shape index (κ2) is 43.9. The molecule has 9 aliphatic heterocycles. The standard InChI is InChI=1S/C93H109Cl2N11O32/c1-38(2)11-8-6-7-9-12-65(115)100-73-79(120)76(117)63(36-108)135-92(73)138-83-60-30-45-31-61(83)132-57-20-16-43(28-52(57)95)82(137-91-72(98-39(3)110)78(119)75(116)62(35-107)134-91)74-90(129)104-71(86(125)97-21-10-22-106(4)5)50-33-47(112)34-59(133-93-81(122)80(121)77(118)64(37-109)136-93)66(50)49-27-42(15-17-54(49)113)68(87(126)105-74)102-89(128)70(45)103-88(127)69-44-25-46(111)32-48(26-44)130-58-29-41(14-18-55(58)114)67(96)85(124)99-53(84(123)101-69)24-40-13-19-56(131-60)51(94)23-40/h13-20,23,25-34,38,53,62-64,67-82,91-93,107-109,111-114,116-122H,6-12,21-22,24,35-37,96H2,1-5H3,(H,97,125)(H,98,110)(H,99,124)(H,100,115)(H,101,123)(H,102,128)(H,103,127)(H,104,129)(H,105,126)/t53-,62+,63-,64-,67+,68-,69+,70-,71-,72-,73+,74+,75-,76+,77+,78+,79-,80+,81+,82+,91-,92+,93+/m1/s1. The van der Waals surface area contributed by atoms with Crippen LogP contribution in [0.2, 0.25) is 10.0 Å². The zero-order valence-electron chi connectivity index (χ0n) is 74.9. The van der Waals surface area contributed by atoms with Crippen LogP contribution in [0.3, 0.4) is 0 Å². The van der Waals surface area contributed by atoms with Crippen LogP contribution < -0.4 is 77.3 Å². The lowest BCUT2D eigenvalue weighted by atomic mass is 9.89. The third-order valence-electron chi connectivity index (χ3n) is 24.5. The molecule has 0 aliphatic carbocycles. The third kappa shape index (κ3) is 22.9. The Morgan fingerprint density at radius 1 is 0.514 bits per heavy atom. The lowest BCUT2D eigenvalue weighted by molar-refractivity contribution is -0.284. The summed E-state index contributed by atoms with van der Waals surface area (Å²) < 4.78 is 58.2. The highest BCUT2D eigenvalue weighted by Gasteiger charge is 2.52. The van der Waals surface area contributed by atoms with Gasteiger partial charge in [0.2, 0.25) is 71.5 Å². The van der Waals surface area contributed by atoms with Crippen molar-refractivity contribution in [3.63, 3.8) is 0 Å². The molecule has 45 heteroatoms. The van der Waals surface area contributed by atoms with Crippen molar-refractivity contribution in [3.8, 4) is 80.1 Å². The van der Waals surface area contributed by atoms with Gasteiger partial charge in [0.25, 0.3) is 0 Å². The number of nitrogens with two attached hydrogens (primary N) is 1. The number of phenolic OH excluding ortho intramolecular Hbond substituents is 4. The van der Waals surface area contributed by atoms with Crippen molar-refractivity contribution in [2.75, 3.05) is 47.0 Å². The lowest BCUT2D eigenvalue weighted by Crippen LogP contribution is -2.65. The maximum atomic E-state index is 17.2. The Morgan fingerprint density at radius 3 is 1.72 bits per heavy atom. The molecule has 25 N–H and O–H groups in total. The number of benzene rings is 7. The van der Waals surface area contributed by atoms with Crippen molar-refractivity contribution < 1.29 is 157 Å². The SMILES string of the molecule is CC(=O)N[C@H]1[C@@H](O[C@H]2c3ccc(c(Cl)c3)Oc3cc4cc(c3O[C@@H]3O[C@H](CO)[C@H](O)[C@H](O)[C@@H]3NC(=O)CCCCCCC(C)C)Oc3ccc(cc3Cl)C[C@H]3NC(=O)[C@@H](N)c5ccc(O)c(c5)Oc5cc(O)cc(c5)[C@H](NC3=O)C(=O)N[C@H]4C(=O)N[C@H]3C(=O)N[C@@H]2C(=O)N[C@@H](C(=O)NCCCN(C)C)c2cc(O)cc(O[C@H]4O[C@H](CO)[C@H](O)[C@H](O)[C@@H]4O)c2-c2cc3ccc2O)O[C@@H](CO)[C@@H](O)[C@H]1O. The maximum Gasteiger partial charge on any atom is 0.248 e. The number of carbonyl (C=O) groups excluding carboxylic acids is 9. The highest BCUT2D eigenvalue weighted by molar-refractivity contribution is 6.32. The van der Waals surface area contributed by atoms with Crippen LogP contribution >= 0.6 is 23.2 Å². The first-order chi connectivity index (χ1) is 65.8. The average Bonchev–Trinajstić information content (AvgIpc) is 0.752. The van der Waals surface area contributed by atoms with E-state index < -0.39 is 304 Å². The number of hydrogen-bond donors (Lipinski definition) is 24. The molecule has 7 aromatic carbocycles. The molecule has 43 nitrogen and oxygen atoms in total. The predicted octanol–water partition coefficient (Wildman–Crippen LogP) is 1.00. The molecule has 0 aromatic heterocycles. The number of carbonyl (C=O) groups is 9. The van der Waals surface area contributed by atoms with Gasteiger partial charge in [0.15, 0.2) is 29.3 Å². The van der Waals surface area contributed by atoms with Crippen LogP contribution in [-0.4, -0.2) is 281 Å². The van der Waals surface area contributed by atoms with Crippen molar-refractivity contribution in [1.29, 1.82) is 0 Å². The van der Waals surface area contributed by atoms with E-state index in [0.717, 1.165) is 111 Å². The van der Waals surface area contributed by atoms with Crippen LogP contribution in [0.5, 0.6) is 69.0 Å². The van der Waals surface area contributed by atoms with Gasteiger partial charge in [-0.15, -0.1) is 0 Å². The molecule has 0 radical (unpaired) electrons. The summed E-state index contributed by atoms with van der Waals surface area (Å²) in [5.74, 6) is -17.6. The van der Waals surface area contributed by atoms with Gasteiger partial charge in [-0.1, -0.05) is 87.0 Å². The highest BCUT2D eigenvalue weighted by Crippen LogP contribution is 2.51. The number of fused-ring (bicyclic) bond motifs is 14. The molecule has 3 fully saturated rings. The molecule has 23 atom stereocenters. The van der Waals surface area contributed by atoms with Gasteiger partial charge in [-0.2, -0.15) is 0 Å². The van der Waals surface area contributed by atoms with Gasteiger partial charge in [-0.3, -0.25) is 43.2 Å². The quantitative estimate of drug-likeness (QED) is 0.0397. The first-order valence-electron chi connectivity index (χ1n) is 44.5. The molecule has 9 amide bonds. The zero-order chi connectivity index (χ0) is 99.3. The summed E-state index contributed by atoms with van der Waals surface area (Å²) in [6.45, 7) is 2.23. The molecule has 138 heavy (non-hydrogen) atoms. The van der Waals surface area contributed by atoms with Gasteiger partial charge < -0.3 is 173 Å². The van der Waals surface area contributed by atoms with Gasteiger partial charge in [-0.25, -0.2) is 0 Å². The number of halogens is 2. The maximum absolute atomic E-state index is 17.2. The van der Waals surface area contributed by atoms with Crippen LogP contribution in [0, 0.1) is 5.92 Å². The van der Waals surface area contributed by atoms with Crippen molar-refractivity contribution in [3.05, 3.63) is 164 Å². The summed E-state index contributed by atoms with van der Waals surface area (Å²) in [5.41, 5.74) is 3.43. The summed E-state index contributed by atoms with van der Waals surface area (Å²) in [7, 11) is 3.48. The fourth-order valence-corrected chi connectivity index (χ4v) is 17.7. The second-order valence-corrected chi connectivity index (χ2v) is 36.1. The Labute approximate surface area is 798 Å². The number of nitrogens with one attached hydrogen (secondary N) is 9. The molecule has 17 bridgehead atoms. The highest BCUT2D eigenvalue weighted by atomic mass is 35.5. The molecule has 9 aliphatic rings. The minimum Gasteiger partial charge on any atom is -0.508 e. The molecule has 0 saturated carbocycles. The number of phenols is 4. The first-order valence-corrected chi connectivity index (χ1v) is 45.3. The van der Waals surface area contributed by atoms with E-state index in [1.165, 1.54) is 30.3 Å². The van der Waals surface area contributed by atoms with E-state index in [4.69, 9.17) is 71.6 Å². The van der Waals surface area contributed by atoms with E-state index in [0.29, 0.717) is 25.3 Å². The van der Waals surface area contributed by atoms with Crippen LogP contribution in [0.25, 0.3) is 11.1 Å². The van der Waals surface area contributed by atoms with Crippen molar-refractivity contribution in [1.82, 2.24) is 52.8 Å². The Bertz CT molecular complexity index is 5710. The molecule has 742 valence electrons. The summed E-state index contributed by atoms with van der Waals surface area (Å²) in [4.78, 5) is 143. The van der Waals surface area contributed by atoms with E-state index >= 15 is 28.8 Å². The third-order valence-corrected chi connectivity index (χ3v) is 25.1. The monoisotopic (exact) mass is 1960 g/mol. The largest absolute Gasteiger partial charge is 0.508 e. The Hall–Kier alpha value is -12.1. The zero-order valence-corrected chi connectivity index (χ0v) is 76.4. The summed E-state index contributed by atoms with van der Waals surface area (Å²) in [6.07, 6.45) is -25.4. The number of ether oxygens (including phenoxy) is 9. The average molecular weight is 1960 g/mol. The number of nitrogens with zero attached hydrogens (tertiary/aromatic N) is 1. The summed E-state index contributed by atoms with van der Waals surface area (Å²) in [5, 5.41) is 184. The Balaban J connectivity index is 1.05. The Kier molecular flexibility index (Phi) is 32.4. The van der Waals surface area contributed by atoms with Gasteiger partial charge in [-0.05, 0) is 157 Å². The number of rotatable bonds is 23. The second-order valence-electron chi connectivity index (χ2n) is 35.3. The van der Waals surface area contributed by atoms with E-state index in [9.17, 15) is 85.9 Å². The molecular weight excluding hydrogens is 1850 g/mol. The minimum absolute atomic E-state index is 0.0334. The number of aliphatic hydroxyl groups excluding tert-OH is 10. The number of hydrogen-bond acceptors (Lipinski definition) is 34. The first kappa shape index (κ1) is 102. The van der Waals surface area contributed by atoms with Crippen LogP contribution in [0.1, 0.15) is 141 Å². The van der Waals surface area contributed by atoms with Crippen molar-refractivity contribution in [2.24, 2.45) is 11.7 Å². The fraction of sp³-hybridized carbons (Fsp3) is 0.452. The van der Waals surface area contributed by atoms with E-state index in [2.05, 4.69) is 61.7 Å². The van der Waals surface area contributed by atoms with E-state index in [1.54, 1.807) is 19.0 Å². The lowest BCUT2D eigenvalue weighted by Gasteiger charge is -2.44. The fourth-order valence-electron chi connectivity index (χ4n) is 17.2. The number of unbranched alkanes of at least 4 members (excludes halogenated alkanes) is 3. The molecule has 9 heterocycles. The number of aliphatic hydroxyl groups is 10. The van der Waals surface area contributed by atoms with Crippen LogP contribution in [0.4, 0.5) is 0 Å². The van der Waals surface area contributed by atoms with Gasteiger partial charge in [0.05, 0.1) is 29.9 Å². The Morgan fingerprint density at radius 2 is 1.08 bits per heavy atom. The van der Waals surface area contributed by atoms with E-state index in [-0.39, 0.29) is 63.9 Å². The molecule has 16 rings (SSSR count). The van der Waals surface area contributed by atoms with Gasteiger partial charge in [0.1, 0.15) is 162 Å². The number of amides is 9. The van der Waals surface area contributed by atoms with Gasteiger partial charge in [0, 0.05) is 49.6 Å². The summed E-state index contributed by atoms with van der Waals surface area (Å²) >= 11 is 14.9. The molecule has 0 spiro atoms. The van der Waals surface area contributed by atoms with Crippen molar-refractivity contribution >= 4 is 76.4 Å². The number of aromatic hydroxyl groups is 4. The topological polar surface area (TPSA) is 657 Å².